The van der Waals surface area contributed by atoms with Gasteiger partial charge in [0, 0.05) is 19.6 Å². The minimum Gasteiger partial charge on any atom is -0.377 e. The summed E-state index contributed by atoms with van der Waals surface area (Å²) < 4.78 is 6.01. The summed E-state index contributed by atoms with van der Waals surface area (Å²) in [6.45, 7) is 5.56. The molecule has 0 N–H and O–H groups in total. The predicted octanol–water partition coefficient (Wildman–Crippen LogP) is 1.29. The number of rotatable bonds is 3. The van der Waals surface area contributed by atoms with Gasteiger partial charge in [0.15, 0.2) is 0 Å². The van der Waals surface area contributed by atoms with Crippen molar-refractivity contribution in [3.05, 3.63) is 0 Å². The Morgan fingerprint density at radius 1 is 1.19 bits per heavy atom. The number of nitrogens with zero attached hydrogens (tertiary/aromatic N) is 2. The van der Waals surface area contributed by atoms with Crippen LogP contribution in [0.1, 0.15) is 32.1 Å². The lowest BCUT2D eigenvalue weighted by atomic mass is 9.83. The van der Waals surface area contributed by atoms with Gasteiger partial charge in [-0.05, 0) is 43.9 Å². The second-order valence-electron chi connectivity index (χ2n) is 7.18. The molecule has 1 aliphatic carbocycles. The Labute approximate surface area is 126 Å². The first-order chi connectivity index (χ1) is 10.3. The average Bonchev–Trinajstić information content (AvgIpc) is 3.15. The molecule has 3 atom stereocenters. The Hall–Kier alpha value is -0.650. The van der Waals surface area contributed by atoms with Gasteiger partial charge in [0.05, 0.1) is 31.8 Å². The van der Waals surface area contributed by atoms with Crippen molar-refractivity contribution in [3.63, 3.8) is 0 Å². The number of likely N-dealkylation sites (tertiary alicyclic amines) is 1. The first-order valence-electron chi connectivity index (χ1n) is 8.58. The molecule has 5 nitrogen and oxygen atoms in total. The highest BCUT2D eigenvalue weighted by molar-refractivity contribution is 5.78. The second kappa shape index (κ2) is 5.86. The van der Waals surface area contributed by atoms with E-state index in [-0.39, 0.29) is 11.8 Å². The van der Waals surface area contributed by atoms with Crippen molar-refractivity contribution in [1.82, 2.24) is 9.96 Å². The van der Waals surface area contributed by atoms with Crippen LogP contribution in [0, 0.1) is 17.8 Å². The largest absolute Gasteiger partial charge is 0.377 e. The standard InChI is InChI=1S/C16H26N2O3/c19-16(18-5-1-7-21-18)14-8-13-10-17(9-12-2-3-12)6-4-15(13)20-11-14/h12-15H,1-11H2/t13-,14-,15+/m0/s1. The van der Waals surface area contributed by atoms with Gasteiger partial charge in [0.25, 0.3) is 5.91 Å². The van der Waals surface area contributed by atoms with Gasteiger partial charge in [-0.15, -0.1) is 0 Å². The number of carbonyl (C=O) groups is 1. The summed E-state index contributed by atoms with van der Waals surface area (Å²) >= 11 is 0. The summed E-state index contributed by atoms with van der Waals surface area (Å²) in [6.07, 6.45) is 6.27. The molecule has 0 unspecified atom stereocenters. The monoisotopic (exact) mass is 294 g/mol. The smallest absolute Gasteiger partial charge is 0.251 e. The normalized spacial score (nSPS) is 37.5. The molecule has 1 saturated carbocycles. The topological polar surface area (TPSA) is 42.0 Å². The number of amides is 1. The minimum atomic E-state index is 0.00484. The number of hydrogen-bond donors (Lipinski definition) is 0. The summed E-state index contributed by atoms with van der Waals surface area (Å²) in [7, 11) is 0. The molecule has 118 valence electrons. The molecule has 21 heavy (non-hydrogen) atoms. The SMILES string of the molecule is O=C([C@@H]1CO[C@@H]2CCN(CC3CC3)C[C@@H]2C1)N1CCCO1. The molecule has 3 heterocycles. The fourth-order valence-corrected chi connectivity index (χ4v) is 4.03. The lowest BCUT2D eigenvalue weighted by Crippen LogP contribution is -2.51. The predicted molar refractivity (Wildman–Crippen MR) is 77.4 cm³/mol. The number of ether oxygens (including phenoxy) is 1. The van der Waals surface area contributed by atoms with Crippen LogP contribution in [0.15, 0.2) is 0 Å². The molecule has 0 bridgehead atoms. The van der Waals surface area contributed by atoms with Crippen molar-refractivity contribution in [2.45, 2.75) is 38.2 Å². The van der Waals surface area contributed by atoms with E-state index in [9.17, 15) is 4.79 Å². The van der Waals surface area contributed by atoms with E-state index in [4.69, 9.17) is 9.57 Å². The van der Waals surface area contributed by atoms with Crippen molar-refractivity contribution in [2.75, 3.05) is 39.4 Å². The minimum absolute atomic E-state index is 0.00484. The van der Waals surface area contributed by atoms with Crippen LogP contribution in [0.2, 0.25) is 0 Å². The Morgan fingerprint density at radius 2 is 2.10 bits per heavy atom. The van der Waals surface area contributed by atoms with E-state index in [1.807, 2.05) is 0 Å². The molecule has 0 radical (unpaired) electrons. The summed E-state index contributed by atoms with van der Waals surface area (Å²) in [5.41, 5.74) is 0. The van der Waals surface area contributed by atoms with Crippen molar-refractivity contribution in [1.29, 1.82) is 0 Å². The van der Waals surface area contributed by atoms with Gasteiger partial charge in [-0.3, -0.25) is 9.63 Å². The van der Waals surface area contributed by atoms with Crippen molar-refractivity contribution >= 4 is 5.91 Å². The summed E-state index contributed by atoms with van der Waals surface area (Å²) in [5, 5.41) is 1.57. The van der Waals surface area contributed by atoms with E-state index >= 15 is 0 Å². The summed E-state index contributed by atoms with van der Waals surface area (Å²) in [5.74, 6) is 1.62. The summed E-state index contributed by atoms with van der Waals surface area (Å²) in [6, 6.07) is 0. The van der Waals surface area contributed by atoms with Crippen molar-refractivity contribution in [3.8, 4) is 0 Å². The molecule has 0 aromatic heterocycles. The van der Waals surface area contributed by atoms with Crippen LogP contribution < -0.4 is 0 Å². The Morgan fingerprint density at radius 3 is 2.86 bits per heavy atom. The molecule has 0 aromatic rings. The van der Waals surface area contributed by atoms with E-state index < -0.39 is 0 Å². The van der Waals surface area contributed by atoms with Gasteiger partial charge in [-0.2, -0.15) is 0 Å². The first kappa shape index (κ1) is 14.0. The number of fused-ring (bicyclic) bond motifs is 1. The zero-order valence-corrected chi connectivity index (χ0v) is 12.7. The maximum Gasteiger partial charge on any atom is 0.251 e. The number of hydrogen-bond acceptors (Lipinski definition) is 4. The van der Waals surface area contributed by atoms with E-state index in [1.165, 1.54) is 25.9 Å². The number of carbonyl (C=O) groups excluding carboxylic acids is 1. The van der Waals surface area contributed by atoms with Gasteiger partial charge < -0.3 is 9.64 Å². The molecular formula is C16H26N2O3. The number of hydroxylamine groups is 2. The van der Waals surface area contributed by atoms with Crippen molar-refractivity contribution < 1.29 is 14.4 Å². The van der Waals surface area contributed by atoms with E-state index in [2.05, 4.69) is 4.90 Å². The van der Waals surface area contributed by atoms with Crippen LogP contribution >= 0.6 is 0 Å². The Bertz CT molecular complexity index is 393. The van der Waals surface area contributed by atoms with Crippen LogP contribution in [0.3, 0.4) is 0 Å². The Balaban J connectivity index is 1.34. The summed E-state index contributed by atoms with van der Waals surface area (Å²) in [4.78, 5) is 20.5. The maximum absolute atomic E-state index is 12.5. The van der Waals surface area contributed by atoms with Gasteiger partial charge >= 0.3 is 0 Å². The quantitative estimate of drug-likeness (QED) is 0.786. The van der Waals surface area contributed by atoms with Crippen LogP contribution in [-0.4, -0.2) is 61.4 Å². The maximum atomic E-state index is 12.5. The lowest BCUT2D eigenvalue weighted by molar-refractivity contribution is -0.183. The van der Waals surface area contributed by atoms with Crippen LogP contribution in [0.25, 0.3) is 0 Å². The third-order valence-electron chi connectivity index (χ3n) is 5.41. The van der Waals surface area contributed by atoms with Gasteiger partial charge in [0.1, 0.15) is 0 Å². The fraction of sp³-hybridized carbons (Fsp3) is 0.938. The molecule has 3 aliphatic heterocycles. The highest BCUT2D eigenvalue weighted by Crippen LogP contribution is 2.35. The highest BCUT2D eigenvalue weighted by Gasteiger charge is 2.40. The molecular weight excluding hydrogens is 268 g/mol. The molecule has 4 aliphatic rings. The third-order valence-corrected chi connectivity index (χ3v) is 5.41. The molecule has 4 rings (SSSR count). The van der Waals surface area contributed by atoms with Gasteiger partial charge in [-0.25, -0.2) is 5.06 Å². The van der Waals surface area contributed by atoms with Crippen LogP contribution in [-0.2, 0) is 14.4 Å². The van der Waals surface area contributed by atoms with Gasteiger partial charge in [0.2, 0.25) is 0 Å². The van der Waals surface area contributed by atoms with Gasteiger partial charge in [-0.1, -0.05) is 0 Å². The average molecular weight is 294 g/mol. The Kier molecular flexibility index (Phi) is 3.90. The lowest BCUT2D eigenvalue weighted by Gasteiger charge is -2.43. The third kappa shape index (κ3) is 3.10. The van der Waals surface area contributed by atoms with Crippen molar-refractivity contribution in [2.24, 2.45) is 17.8 Å². The molecule has 1 amide bonds. The number of piperidine rings is 1. The molecule has 4 fully saturated rings. The molecule has 0 aromatic carbocycles. The fourth-order valence-electron chi connectivity index (χ4n) is 4.03. The second-order valence-corrected chi connectivity index (χ2v) is 7.18. The van der Waals surface area contributed by atoms with E-state index in [0.29, 0.717) is 25.2 Å². The van der Waals surface area contributed by atoms with Crippen LogP contribution in [0.5, 0.6) is 0 Å². The molecule has 0 spiro atoms. The first-order valence-corrected chi connectivity index (χ1v) is 8.58. The zero-order valence-electron chi connectivity index (χ0n) is 12.7. The molecule has 5 heteroatoms. The van der Waals surface area contributed by atoms with E-state index in [0.717, 1.165) is 38.3 Å². The van der Waals surface area contributed by atoms with E-state index in [1.54, 1.807) is 5.06 Å². The molecule has 3 saturated heterocycles. The highest BCUT2D eigenvalue weighted by atomic mass is 16.7. The zero-order chi connectivity index (χ0) is 14.2. The van der Waals surface area contributed by atoms with Crippen LogP contribution in [0.4, 0.5) is 0 Å².